The number of thioether (sulfide) groups is 1. The maximum absolute atomic E-state index is 14.0. The zero-order valence-corrected chi connectivity index (χ0v) is 11.4. The van der Waals surface area contributed by atoms with E-state index in [2.05, 4.69) is 0 Å². The minimum atomic E-state index is -1.43. The molecule has 1 aromatic carbocycles. The minimum absolute atomic E-state index is 0.121. The number of nitro benzene ring substituents is 1. The number of hydrogen-bond donors (Lipinski definition) is 1. The van der Waals surface area contributed by atoms with Crippen LogP contribution in [0.5, 0.6) is 0 Å². The quantitative estimate of drug-likeness (QED) is 0.681. The van der Waals surface area contributed by atoms with Crippen molar-refractivity contribution in [3.63, 3.8) is 0 Å². The fourth-order valence-electron chi connectivity index (χ4n) is 2.10. The molecule has 1 saturated heterocycles. The van der Waals surface area contributed by atoms with E-state index < -0.39 is 28.0 Å². The predicted octanol–water partition coefficient (Wildman–Crippen LogP) is 2.38. The van der Waals surface area contributed by atoms with Crippen molar-refractivity contribution in [3.05, 3.63) is 33.6 Å². The van der Waals surface area contributed by atoms with Crippen molar-refractivity contribution in [1.29, 1.82) is 0 Å². The van der Waals surface area contributed by atoms with Gasteiger partial charge in [-0.25, -0.2) is 9.18 Å². The number of aromatic carboxylic acids is 1. The van der Waals surface area contributed by atoms with Crippen molar-refractivity contribution in [2.24, 2.45) is 0 Å². The second-order valence-corrected chi connectivity index (χ2v) is 5.56. The molecular formula is C12H13FN2O4S. The Balaban J connectivity index is 2.45. The highest BCUT2D eigenvalue weighted by Gasteiger charge is 2.25. The van der Waals surface area contributed by atoms with E-state index in [-0.39, 0.29) is 5.69 Å². The smallest absolute Gasteiger partial charge is 0.342 e. The van der Waals surface area contributed by atoms with Gasteiger partial charge >= 0.3 is 5.97 Å². The van der Waals surface area contributed by atoms with Crippen molar-refractivity contribution in [3.8, 4) is 0 Å². The third kappa shape index (κ3) is 3.01. The lowest BCUT2D eigenvalue weighted by atomic mass is 10.1. The summed E-state index contributed by atoms with van der Waals surface area (Å²) in [6, 6.07) is 1.75. The summed E-state index contributed by atoms with van der Waals surface area (Å²) in [5.74, 6) is -0.397. The van der Waals surface area contributed by atoms with E-state index >= 15 is 0 Å². The van der Waals surface area contributed by atoms with Crippen LogP contribution in [0.2, 0.25) is 0 Å². The topological polar surface area (TPSA) is 83.7 Å². The number of hydrogen-bond acceptors (Lipinski definition) is 5. The Bertz CT molecular complexity index is 545. The van der Waals surface area contributed by atoms with Crippen molar-refractivity contribution >= 4 is 29.1 Å². The third-order valence-corrected chi connectivity index (χ3v) is 4.10. The van der Waals surface area contributed by atoms with Crippen LogP contribution >= 0.6 is 11.8 Å². The summed E-state index contributed by atoms with van der Waals surface area (Å²) in [5.41, 5.74) is -1.08. The normalized spacial score (nSPS) is 15.8. The number of carboxylic acid groups (broad SMARTS) is 1. The molecule has 1 fully saturated rings. The Morgan fingerprint density at radius 2 is 2.15 bits per heavy atom. The highest BCUT2D eigenvalue weighted by Crippen LogP contribution is 2.29. The largest absolute Gasteiger partial charge is 0.477 e. The third-order valence-electron chi connectivity index (χ3n) is 3.06. The first-order chi connectivity index (χ1) is 9.50. The van der Waals surface area contributed by atoms with Gasteiger partial charge in [0, 0.05) is 18.8 Å². The summed E-state index contributed by atoms with van der Waals surface area (Å²) >= 11 is 1.75. The van der Waals surface area contributed by atoms with Crippen LogP contribution in [0.3, 0.4) is 0 Å². The van der Waals surface area contributed by atoms with E-state index in [9.17, 15) is 19.3 Å². The molecular weight excluding hydrogens is 287 g/mol. The summed E-state index contributed by atoms with van der Waals surface area (Å²) in [5, 5.41) is 19.8. The molecule has 1 aliphatic rings. The highest BCUT2D eigenvalue weighted by atomic mass is 32.2. The van der Waals surface area contributed by atoms with Gasteiger partial charge < -0.3 is 10.0 Å². The Kier molecular flexibility index (Phi) is 4.43. The van der Waals surface area contributed by atoms with E-state index in [1.807, 2.05) is 0 Å². The van der Waals surface area contributed by atoms with Gasteiger partial charge in [-0.15, -0.1) is 0 Å². The average Bonchev–Trinajstić information content (AvgIpc) is 2.66. The molecule has 20 heavy (non-hydrogen) atoms. The van der Waals surface area contributed by atoms with Gasteiger partial charge in [0.2, 0.25) is 0 Å². The number of nitrogens with zero attached hydrogens (tertiary/aromatic N) is 2. The van der Waals surface area contributed by atoms with Gasteiger partial charge in [-0.1, -0.05) is 0 Å². The summed E-state index contributed by atoms with van der Waals surface area (Å²) in [4.78, 5) is 22.7. The number of halogens is 1. The SMILES string of the molecule is O=C(O)c1cc(N2CCCSCC2)c(F)cc1[N+](=O)[O-]. The van der Waals surface area contributed by atoms with Gasteiger partial charge in [0.15, 0.2) is 5.82 Å². The van der Waals surface area contributed by atoms with Gasteiger partial charge in [0.25, 0.3) is 5.69 Å². The molecule has 6 nitrogen and oxygen atoms in total. The van der Waals surface area contributed by atoms with Crippen LogP contribution in [-0.2, 0) is 0 Å². The van der Waals surface area contributed by atoms with E-state index in [0.717, 1.165) is 24.0 Å². The molecule has 0 saturated carbocycles. The summed E-state index contributed by atoms with van der Waals surface area (Å²) < 4.78 is 14.0. The molecule has 0 amide bonds. The van der Waals surface area contributed by atoms with Crippen LogP contribution < -0.4 is 4.90 Å². The van der Waals surface area contributed by atoms with Crippen LogP contribution in [0.25, 0.3) is 0 Å². The first-order valence-electron chi connectivity index (χ1n) is 6.04. The molecule has 8 heteroatoms. The summed E-state index contributed by atoms with van der Waals surface area (Å²) in [7, 11) is 0. The van der Waals surface area contributed by atoms with E-state index in [1.165, 1.54) is 0 Å². The number of carboxylic acids is 1. The lowest BCUT2D eigenvalue weighted by Gasteiger charge is -2.23. The fourth-order valence-corrected chi connectivity index (χ4v) is 2.99. The van der Waals surface area contributed by atoms with Crippen LogP contribution in [0.15, 0.2) is 12.1 Å². The standard InChI is InChI=1S/C12H13FN2O4S/c13-9-7-10(15(18)19)8(12(16)17)6-11(9)14-2-1-4-20-5-3-14/h6-7H,1-5H2,(H,16,17). The van der Waals surface area contributed by atoms with Crippen molar-refractivity contribution in [2.75, 3.05) is 29.5 Å². The maximum Gasteiger partial charge on any atom is 0.342 e. The average molecular weight is 300 g/mol. The van der Waals surface area contributed by atoms with Crippen LogP contribution in [0.1, 0.15) is 16.8 Å². The summed E-state index contributed by atoms with van der Waals surface area (Å²) in [6.07, 6.45) is 0.865. The zero-order chi connectivity index (χ0) is 14.7. The second kappa shape index (κ2) is 6.08. The molecule has 108 valence electrons. The predicted molar refractivity (Wildman–Crippen MR) is 74.2 cm³/mol. The Labute approximate surface area is 118 Å². The molecule has 0 aromatic heterocycles. The Morgan fingerprint density at radius 3 is 2.80 bits per heavy atom. The molecule has 0 aliphatic carbocycles. The Hall–Kier alpha value is -1.83. The minimum Gasteiger partial charge on any atom is -0.477 e. The highest BCUT2D eigenvalue weighted by molar-refractivity contribution is 7.99. The van der Waals surface area contributed by atoms with Crippen LogP contribution in [0.4, 0.5) is 15.8 Å². The van der Waals surface area contributed by atoms with Gasteiger partial charge in [0.05, 0.1) is 16.7 Å². The van der Waals surface area contributed by atoms with Gasteiger partial charge in [-0.05, 0) is 18.2 Å². The lowest BCUT2D eigenvalue weighted by Crippen LogP contribution is -2.27. The molecule has 1 N–H and O–H groups in total. The number of nitro groups is 1. The first-order valence-corrected chi connectivity index (χ1v) is 7.20. The molecule has 0 atom stereocenters. The molecule has 1 aliphatic heterocycles. The fraction of sp³-hybridized carbons (Fsp3) is 0.417. The maximum atomic E-state index is 14.0. The van der Waals surface area contributed by atoms with Crippen molar-refractivity contribution in [1.82, 2.24) is 0 Å². The van der Waals surface area contributed by atoms with Crippen molar-refractivity contribution in [2.45, 2.75) is 6.42 Å². The zero-order valence-electron chi connectivity index (χ0n) is 10.5. The van der Waals surface area contributed by atoms with Gasteiger partial charge in [-0.2, -0.15) is 11.8 Å². The van der Waals surface area contributed by atoms with Crippen LogP contribution in [0, 0.1) is 15.9 Å². The Morgan fingerprint density at radius 1 is 1.40 bits per heavy atom. The van der Waals surface area contributed by atoms with Crippen molar-refractivity contribution < 1.29 is 19.2 Å². The molecule has 0 radical (unpaired) electrons. The van der Waals surface area contributed by atoms with E-state index in [0.29, 0.717) is 19.2 Å². The first kappa shape index (κ1) is 14.6. The molecule has 0 unspecified atom stereocenters. The number of carbonyl (C=O) groups is 1. The number of rotatable bonds is 3. The monoisotopic (exact) mass is 300 g/mol. The van der Waals surface area contributed by atoms with Gasteiger partial charge in [0.1, 0.15) is 5.56 Å². The van der Waals surface area contributed by atoms with E-state index in [4.69, 9.17) is 5.11 Å². The van der Waals surface area contributed by atoms with Crippen LogP contribution in [-0.4, -0.2) is 40.6 Å². The molecule has 0 spiro atoms. The molecule has 0 bridgehead atoms. The molecule has 1 heterocycles. The number of anilines is 1. The van der Waals surface area contributed by atoms with Gasteiger partial charge in [-0.3, -0.25) is 10.1 Å². The summed E-state index contributed by atoms with van der Waals surface area (Å²) in [6.45, 7) is 1.21. The second-order valence-electron chi connectivity index (χ2n) is 4.34. The van der Waals surface area contributed by atoms with E-state index in [1.54, 1.807) is 16.7 Å². The number of benzene rings is 1. The molecule has 1 aromatic rings. The molecule has 2 rings (SSSR count). The lowest BCUT2D eigenvalue weighted by molar-refractivity contribution is -0.385.